The lowest BCUT2D eigenvalue weighted by Crippen LogP contribution is -2.05. The van der Waals surface area contributed by atoms with Crippen molar-refractivity contribution >= 4 is 29.6 Å². The molecule has 2 aromatic rings. The van der Waals surface area contributed by atoms with E-state index in [2.05, 4.69) is 0 Å². The van der Waals surface area contributed by atoms with Gasteiger partial charge in [0.25, 0.3) is 0 Å². The number of hydrogen-bond acceptors (Lipinski definition) is 7. The SMILES string of the molecule is COc1cc(/C=C(/C(=O)O)c2ccc(OC(C)=O)c(OC)c2)ccc1OC(C)=O. The summed E-state index contributed by atoms with van der Waals surface area (Å²) < 4.78 is 20.5. The number of aliphatic carboxylic acids is 1. The quantitative estimate of drug-likeness (QED) is 0.327. The molecule has 0 radical (unpaired) electrons. The number of esters is 2. The highest BCUT2D eigenvalue weighted by Crippen LogP contribution is 2.33. The van der Waals surface area contributed by atoms with Gasteiger partial charge in [0, 0.05) is 13.8 Å². The van der Waals surface area contributed by atoms with Crippen LogP contribution in [0.5, 0.6) is 23.0 Å². The molecule has 29 heavy (non-hydrogen) atoms. The minimum atomic E-state index is -1.17. The highest BCUT2D eigenvalue weighted by Gasteiger charge is 2.16. The number of ether oxygens (including phenoxy) is 4. The van der Waals surface area contributed by atoms with E-state index < -0.39 is 17.9 Å². The molecule has 2 aromatic carbocycles. The summed E-state index contributed by atoms with van der Waals surface area (Å²) >= 11 is 0. The van der Waals surface area contributed by atoms with Crippen molar-refractivity contribution in [2.45, 2.75) is 13.8 Å². The standard InChI is InChI=1S/C21H20O8/c1-12(22)28-17-7-5-14(10-19(17)26-3)9-16(21(24)25)15-6-8-18(29-13(2)23)20(11-15)27-4/h5-11H,1-4H3,(H,24,25)/b16-9+. The van der Waals surface area contributed by atoms with Crippen LogP contribution in [0.15, 0.2) is 36.4 Å². The van der Waals surface area contributed by atoms with Crippen LogP contribution in [0.3, 0.4) is 0 Å². The lowest BCUT2D eigenvalue weighted by molar-refractivity contribution is -0.132. The molecule has 0 aliphatic rings. The molecular formula is C21H20O8. The third-order valence-corrected chi connectivity index (χ3v) is 3.71. The molecule has 0 fully saturated rings. The molecule has 0 bridgehead atoms. The van der Waals surface area contributed by atoms with E-state index in [0.29, 0.717) is 11.1 Å². The van der Waals surface area contributed by atoms with Gasteiger partial charge in [-0.3, -0.25) is 9.59 Å². The largest absolute Gasteiger partial charge is 0.493 e. The van der Waals surface area contributed by atoms with Crippen molar-refractivity contribution in [3.63, 3.8) is 0 Å². The van der Waals surface area contributed by atoms with Crippen molar-refractivity contribution < 1.29 is 38.4 Å². The van der Waals surface area contributed by atoms with Gasteiger partial charge in [-0.2, -0.15) is 0 Å². The second kappa shape index (κ2) is 9.41. The maximum atomic E-state index is 11.8. The topological polar surface area (TPSA) is 108 Å². The van der Waals surface area contributed by atoms with Crippen molar-refractivity contribution in [3.8, 4) is 23.0 Å². The summed E-state index contributed by atoms with van der Waals surface area (Å²) in [7, 11) is 2.79. The van der Waals surface area contributed by atoms with E-state index in [9.17, 15) is 19.5 Å². The average molecular weight is 400 g/mol. The van der Waals surface area contributed by atoms with E-state index >= 15 is 0 Å². The van der Waals surface area contributed by atoms with Crippen molar-refractivity contribution in [3.05, 3.63) is 47.5 Å². The van der Waals surface area contributed by atoms with E-state index in [0.717, 1.165) is 0 Å². The molecule has 0 amide bonds. The third kappa shape index (κ3) is 5.58. The Hall–Kier alpha value is -3.81. The summed E-state index contributed by atoms with van der Waals surface area (Å²) in [6.45, 7) is 2.52. The summed E-state index contributed by atoms with van der Waals surface area (Å²) in [4.78, 5) is 34.2. The monoisotopic (exact) mass is 400 g/mol. The van der Waals surface area contributed by atoms with E-state index in [1.54, 1.807) is 12.1 Å². The van der Waals surface area contributed by atoms with Gasteiger partial charge in [0.1, 0.15) is 0 Å². The highest BCUT2D eigenvalue weighted by atomic mass is 16.6. The van der Waals surface area contributed by atoms with Gasteiger partial charge in [0.2, 0.25) is 0 Å². The Bertz CT molecular complexity index is 975. The van der Waals surface area contributed by atoms with Crippen LogP contribution in [0.2, 0.25) is 0 Å². The zero-order valence-electron chi connectivity index (χ0n) is 16.3. The Morgan fingerprint density at radius 1 is 0.793 bits per heavy atom. The van der Waals surface area contributed by atoms with Crippen LogP contribution in [0.1, 0.15) is 25.0 Å². The number of carbonyl (C=O) groups is 3. The first-order valence-corrected chi connectivity index (χ1v) is 8.43. The van der Waals surface area contributed by atoms with Gasteiger partial charge in [0.15, 0.2) is 23.0 Å². The summed E-state index contributed by atoms with van der Waals surface area (Å²) in [6.07, 6.45) is 1.43. The Balaban J connectivity index is 2.49. The Kier molecular flexibility index (Phi) is 6.97. The molecule has 8 heteroatoms. The zero-order chi connectivity index (χ0) is 21.6. The van der Waals surface area contributed by atoms with Crippen molar-refractivity contribution in [1.82, 2.24) is 0 Å². The van der Waals surface area contributed by atoms with Crippen LogP contribution < -0.4 is 18.9 Å². The van der Waals surface area contributed by atoms with E-state index in [1.165, 1.54) is 58.4 Å². The number of carboxylic acids is 1. The molecule has 0 heterocycles. The van der Waals surface area contributed by atoms with E-state index in [4.69, 9.17) is 18.9 Å². The molecule has 8 nitrogen and oxygen atoms in total. The number of carboxylic acid groups (broad SMARTS) is 1. The Labute approximate surface area is 167 Å². The second-order valence-electron chi connectivity index (χ2n) is 5.83. The fourth-order valence-electron chi connectivity index (χ4n) is 2.52. The third-order valence-electron chi connectivity index (χ3n) is 3.71. The summed E-state index contributed by atoms with van der Waals surface area (Å²) in [6, 6.07) is 9.07. The first-order valence-electron chi connectivity index (χ1n) is 8.43. The van der Waals surface area contributed by atoms with Crippen LogP contribution >= 0.6 is 0 Å². The molecule has 0 spiro atoms. The first-order chi connectivity index (χ1) is 13.7. The maximum Gasteiger partial charge on any atom is 0.336 e. The normalized spacial score (nSPS) is 10.8. The molecule has 0 atom stereocenters. The van der Waals surface area contributed by atoms with Crippen molar-refractivity contribution in [1.29, 1.82) is 0 Å². The van der Waals surface area contributed by atoms with Gasteiger partial charge in [0.05, 0.1) is 19.8 Å². The van der Waals surface area contributed by atoms with Gasteiger partial charge in [-0.15, -0.1) is 0 Å². The fourth-order valence-corrected chi connectivity index (χ4v) is 2.52. The molecule has 0 aliphatic carbocycles. The van der Waals surface area contributed by atoms with E-state index in [1.807, 2.05) is 0 Å². The van der Waals surface area contributed by atoms with Crippen LogP contribution in [-0.2, 0) is 14.4 Å². The predicted octanol–water partition coefficient (Wildman–Crippen LogP) is 3.18. The summed E-state index contributed by atoms with van der Waals surface area (Å²) in [5.41, 5.74) is 0.825. The van der Waals surface area contributed by atoms with Gasteiger partial charge in [-0.25, -0.2) is 4.79 Å². The molecule has 0 aliphatic heterocycles. The summed E-state index contributed by atoms with van der Waals surface area (Å²) in [5, 5.41) is 9.67. The molecule has 0 unspecified atom stereocenters. The van der Waals surface area contributed by atoms with Gasteiger partial charge < -0.3 is 24.1 Å². The number of carbonyl (C=O) groups excluding carboxylic acids is 2. The molecule has 0 saturated carbocycles. The molecule has 0 saturated heterocycles. The second-order valence-corrected chi connectivity index (χ2v) is 5.83. The number of rotatable bonds is 7. The first kappa shape index (κ1) is 21.5. The van der Waals surface area contributed by atoms with Crippen molar-refractivity contribution in [2.24, 2.45) is 0 Å². The minimum Gasteiger partial charge on any atom is -0.493 e. The fraction of sp³-hybridized carbons (Fsp3) is 0.190. The molecule has 2 rings (SSSR count). The van der Waals surface area contributed by atoms with Crippen LogP contribution in [0.25, 0.3) is 11.6 Å². The lowest BCUT2D eigenvalue weighted by atomic mass is 10.0. The number of hydrogen-bond donors (Lipinski definition) is 1. The average Bonchev–Trinajstić information content (AvgIpc) is 2.66. The van der Waals surface area contributed by atoms with Gasteiger partial charge >= 0.3 is 17.9 Å². The molecule has 1 N–H and O–H groups in total. The smallest absolute Gasteiger partial charge is 0.336 e. The highest BCUT2D eigenvalue weighted by molar-refractivity contribution is 6.20. The molecule has 0 aromatic heterocycles. The lowest BCUT2D eigenvalue weighted by Gasteiger charge is -2.11. The van der Waals surface area contributed by atoms with Crippen LogP contribution in [0.4, 0.5) is 0 Å². The van der Waals surface area contributed by atoms with Gasteiger partial charge in [-0.1, -0.05) is 12.1 Å². The van der Waals surface area contributed by atoms with Gasteiger partial charge in [-0.05, 0) is 41.5 Å². The van der Waals surface area contributed by atoms with E-state index in [-0.39, 0.29) is 28.6 Å². The Morgan fingerprint density at radius 2 is 1.31 bits per heavy atom. The predicted molar refractivity (Wildman–Crippen MR) is 104 cm³/mol. The van der Waals surface area contributed by atoms with Crippen LogP contribution in [-0.4, -0.2) is 37.2 Å². The number of methoxy groups -OCH3 is 2. The maximum absolute atomic E-state index is 11.8. The molecule has 152 valence electrons. The van der Waals surface area contributed by atoms with Crippen LogP contribution in [0, 0.1) is 0 Å². The van der Waals surface area contributed by atoms with Crippen molar-refractivity contribution in [2.75, 3.05) is 14.2 Å². The molecular weight excluding hydrogens is 380 g/mol. The Morgan fingerprint density at radius 3 is 1.79 bits per heavy atom. The number of benzene rings is 2. The zero-order valence-corrected chi connectivity index (χ0v) is 16.3. The minimum absolute atomic E-state index is 0.0278. The summed E-state index contributed by atoms with van der Waals surface area (Å²) in [5.74, 6) is -1.30.